The Morgan fingerprint density at radius 1 is 1.18 bits per heavy atom. The summed E-state index contributed by atoms with van der Waals surface area (Å²) < 4.78 is 14.1. The summed E-state index contributed by atoms with van der Waals surface area (Å²) in [4.78, 5) is 39.6. The van der Waals surface area contributed by atoms with Crippen molar-refractivity contribution in [2.45, 2.75) is 39.0 Å². The molecule has 0 bridgehead atoms. The van der Waals surface area contributed by atoms with Crippen molar-refractivity contribution in [1.29, 1.82) is 0 Å². The quantitative estimate of drug-likeness (QED) is 0.429. The lowest BCUT2D eigenvalue weighted by Crippen LogP contribution is -2.25. The number of carbonyl (C=O) groups excluding carboxylic acids is 2. The first-order valence-electron chi connectivity index (χ1n) is 11.2. The maximum absolute atomic E-state index is 14.1. The van der Waals surface area contributed by atoms with Gasteiger partial charge < -0.3 is 16.0 Å². The van der Waals surface area contributed by atoms with Crippen LogP contribution in [-0.2, 0) is 0 Å². The molecule has 0 aliphatic carbocycles. The van der Waals surface area contributed by atoms with E-state index < -0.39 is 23.2 Å². The summed E-state index contributed by atoms with van der Waals surface area (Å²) in [6.45, 7) is 4.02. The first-order valence-corrected chi connectivity index (χ1v) is 12.2. The van der Waals surface area contributed by atoms with Gasteiger partial charge in [0.2, 0.25) is 0 Å². The van der Waals surface area contributed by atoms with Gasteiger partial charge in [0.25, 0.3) is 17.4 Å². The van der Waals surface area contributed by atoms with Gasteiger partial charge in [-0.1, -0.05) is 44.2 Å². The molecular formula is C26H28FN3O3S. The highest BCUT2D eigenvalue weighted by atomic mass is 32.2. The number of para-hydroxylation sites is 1. The molecule has 1 aliphatic rings. The summed E-state index contributed by atoms with van der Waals surface area (Å²) in [5, 5.41) is 5.24. The third-order valence-corrected chi connectivity index (χ3v) is 6.54. The number of nitrogens with one attached hydrogen (secondary N) is 2. The van der Waals surface area contributed by atoms with Crippen LogP contribution < -0.4 is 16.6 Å². The van der Waals surface area contributed by atoms with Crippen molar-refractivity contribution in [2.75, 3.05) is 11.1 Å². The van der Waals surface area contributed by atoms with Crippen LogP contribution in [0.25, 0.3) is 10.9 Å². The number of aromatic nitrogens is 1. The number of thioether (sulfide) groups is 1. The van der Waals surface area contributed by atoms with Crippen LogP contribution in [0.1, 0.15) is 65.3 Å². The second-order valence-corrected chi connectivity index (χ2v) is 8.86. The molecule has 6 nitrogen and oxygen atoms in total. The second kappa shape index (κ2) is 11.7. The summed E-state index contributed by atoms with van der Waals surface area (Å²) >= 11 is 1.89. The van der Waals surface area contributed by atoms with E-state index in [1.165, 1.54) is 36.4 Å². The number of primary amides is 1. The normalized spacial score (nSPS) is 12.5. The molecule has 0 unspecified atom stereocenters. The van der Waals surface area contributed by atoms with E-state index in [0.29, 0.717) is 10.9 Å². The lowest BCUT2D eigenvalue weighted by atomic mass is 9.88. The molecule has 0 atom stereocenters. The number of anilines is 1. The van der Waals surface area contributed by atoms with Crippen molar-refractivity contribution in [1.82, 2.24) is 4.98 Å². The van der Waals surface area contributed by atoms with E-state index in [9.17, 15) is 18.8 Å². The molecule has 3 aromatic rings. The van der Waals surface area contributed by atoms with E-state index in [1.54, 1.807) is 18.2 Å². The number of H-pyrrole nitrogens is 1. The number of allylic oxidation sites excluding steroid dienone is 1. The van der Waals surface area contributed by atoms with Crippen LogP contribution in [0, 0.1) is 5.82 Å². The molecule has 0 saturated carbocycles. The minimum atomic E-state index is -0.852. The number of amides is 2. The smallest absolute Gasteiger partial charge is 0.261 e. The Hall–Kier alpha value is -3.39. The monoisotopic (exact) mass is 481 g/mol. The molecular weight excluding hydrogens is 453 g/mol. The van der Waals surface area contributed by atoms with Crippen molar-refractivity contribution in [3.05, 3.63) is 86.8 Å². The Morgan fingerprint density at radius 3 is 2.47 bits per heavy atom. The molecule has 2 aromatic carbocycles. The first-order chi connectivity index (χ1) is 16.4. The molecule has 34 heavy (non-hydrogen) atoms. The predicted octanol–water partition coefficient (Wildman–Crippen LogP) is 5.56. The SMILES string of the molecule is C1=CSCC1.CCC(CC)c1ccc2cc(C(N)=O)c(=O)[nH]c2c1C(=O)Nc1ccccc1F. The Kier molecular flexibility index (Phi) is 8.65. The molecule has 2 amide bonds. The average Bonchev–Trinajstić information content (AvgIpc) is 3.41. The number of nitrogens with two attached hydrogens (primary N) is 1. The Balaban J connectivity index is 0.000000574. The van der Waals surface area contributed by atoms with E-state index in [1.807, 2.05) is 25.6 Å². The number of hydrogen-bond donors (Lipinski definition) is 3. The Bertz CT molecular complexity index is 1280. The third kappa shape index (κ3) is 5.75. The van der Waals surface area contributed by atoms with E-state index in [-0.39, 0.29) is 22.7 Å². The molecule has 0 radical (unpaired) electrons. The van der Waals surface area contributed by atoms with E-state index >= 15 is 0 Å². The zero-order valence-corrected chi connectivity index (χ0v) is 20.0. The first kappa shape index (κ1) is 25.2. The number of rotatable bonds is 6. The van der Waals surface area contributed by atoms with Crippen LogP contribution in [-0.4, -0.2) is 22.6 Å². The zero-order valence-electron chi connectivity index (χ0n) is 19.2. The molecule has 0 fully saturated rings. The van der Waals surface area contributed by atoms with Crippen molar-refractivity contribution in [2.24, 2.45) is 5.73 Å². The summed E-state index contributed by atoms with van der Waals surface area (Å²) in [5.41, 5.74) is 5.74. The summed E-state index contributed by atoms with van der Waals surface area (Å²) in [5.74, 6) is -0.575. The fraction of sp³-hybridized carbons (Fsp3) is 0.269. The van der Waals surface area contributed by atoms with Gasteiger partial charge in [0.05, 0.1) is 16.8 Å². The lowest BCUT2D eigenvalue weighted by Gasteiger charge is -2.19. The predicted molar refractivity (Wildman–Crippen MR) is 137 cm³/mol. The molecule has 1 aliphatic heterocycles. The van der Waals surface area contributed by atoms with Gasteiger partial charge >= 0.3 is 0 Å². The third-order valence-electron chi connectivity index (χ3n) is 5.69. The molecule has 0 saturated heterocycles. The van der Waals surface area contributed by atoms with E-state index in [4.69, 9.17) is 5.73 Å². The van der Waals surface area contributed by atoms with Crippen LogP contribution in [0.2, 0.25) is 0 Å². The van der Waals surface area contributed by atoms with Crippen molar-refractivity contribution < 1.29 is 14.0 Å². The van der Waals surface area contributed by atoms with E-state index in [0.717, 1.165) is 18.4 Å². The number of hydrogen-bond acceptors (Lipinski definition) is 4. The van der Waals surface area contributed by atoms with Gasteiger partial charge in [0.15, 0.2) is 0 Å². The van der Waals surface area contributed by atoms with Crippen molar-refractivity contribution in [3.63, 3.8) is 0 Å². The van der Waals surface area contributed by atoms with Gasteiger partial charge in [-0.05, 0) is 59.7 Å². The second-order valence-electron chi connectivity index (χ2n) is 7.85. The van der Waals surface area contributed by atoms with Gasteiger partial charge in [0.1, 0.15) is 11.4 Å². The van der Waals surface area contributed by atoms with Crippen LogP contribution in [0.15, 0.2) is 58.7 Å². The average molecular weight is 482 g/mol. The molecule has 4 rings (SSSR count). The fourth-order valence-corrected chi connectivity index (χ4v) is 4.56. The van der Waals surface area contributed by atoms with Gasteiger partial charge in [-0.3, -0.25) is 14.4 Å². The zero-order chi connectivity index (χ0) is 24.7. The standard InChI is InChI=1S/C22H22FN3O3.C4H6S/c1-3-12(4-2)14-10-9-13-11-15(20(24)27)21(28)26-19(13)18(14)22(29)25-17-8-6-5-7-16(17)23;1-2-4-5-3-1/h5-12H,3-4H2,1-2H3,(H2,24,27)(H,25,29)(H,26,28);1,3H,2,4H2. The minimum Gasteiger partial charge on any atom is -0.365 e. The highest BCUT2D eigenvalue weighted by Crippen LogP contribution is 2.31. The molecule has 4 N–H and O–H groups in total. The number of pyridine rings is 1. The number of carbonyl (C=O) groups is 2. The maximum atomic E-state index is 14.1. The van der Waals surface area contributed by atoms with Crippen LogP contribution in [0.4, 0.5) is 10.1 Å². The van der Waals surface area contributed by atoms with Crippen LogP contribution in [0.5, 0.6) is 0 Å². The largest absolute Gasteiger partial charge is 0.365 e. The molecule has 0 spiro atoms. The number of fused-ring (bicyclic) bond motifs is 1. The van der Waals surface area contributed by atoms with E-state index in [2.05, 4.69) is 21.8 Å². The van der Waals surface area contributed by atoms with Crippen molar-refractivity contribution >= 4 is 40.2 Å². The highest BCUT2D eigenvalue weighted by Gasteiger charge is 2.23. The lowest BCUT2D eigenvalue weighted by molar-refractivity contribution is 0.0997. The van der Waals surface area contributed by atoms with Gasteiger partial charge in [-0.25, -0.2) is 4.39 Å². The highest BCUT2D eigenvalue weighted by molar-refractivity contribution is 8.02. The Morgan fingerprint density at radius 2 is 1.91 bits per heavy atom. The molecule has 1 aromatic heterocycles. The number of aromatic amines is 1. The molecule has 178 valence electrons. The molecule has 8 heteroatoms. The van der Waals surface area contributed by atoms with Crippen LogP contribution in [0.3, 0.4) is 0 Å². The van der Waals surface area contributed by atoms with Gasteiger partial charge in [-0.2, -0.15) is 0 Å². The minimum absolute atomic E-state index is 0.0427. The maximum Gasteiger partial charge on any atom is 0.261 e. The van der Waals surface area contributed by atoms with Crippen molar-refractivity contribution in [3.8, 4) is 0 Å². The van der Waals surface area contributed by atoms with Crippen LogP contribution >= 0.6 is 11.8 Å². The summed E-state index contributed by atoms with van der Waals surface area (Å²) in [6, 6.07) is 10.8. The van der Waals surface area contributed by atoms with Gasteiger partial charge in [0, 0.05) is 5.75 Å². The fourth-order valence-electron chi connectivity index (χ4n) is 3.88. The summed E-state index contributed by atoms with van der Waals surface area (Å²) in [6.07, 6.45) is 5.05. The molecule has 2 heterocycles. The summed E-state index contributed by atoms with van der Waals surface area (Å²) in [7, 11) is 0. The Labute approximate surface area is 201 Å². The topological polar surface area (TPSA) is 105 Å². The van der Waals surface area contributed by atoms with Gasteiger partial charge in [-0.15, -0.1) is 11.8 Å². The number of benzene rings is 2. The number of halogens is 1.